The minimum atomic E-state index is -0.281. The smallest absolute Gasteiger partial charge is 0.266 e. The third-order valence-corrected chi connectivity index (χ3v) is 9.47. The fourth-order valence-corrected chi connectivity index (χ4v) is 6.84. The summed E-state index contributed by atoms with van der Waals surface area (Å²) < 4.78 is 0.749. The second-order valence-electron chi connectivity index (χ2n) is 8.91. The van der Waals surface area contributed by atoms with E-state index < -0.39 is 0 Å². The molecule has 0 spiro atoms. The predicted octanol–water partition coefficient (Wildman–Crippen LogP) is 5.11. The molecule has 2 aromatic rings. The van der Waals surface area contributed by atoms with Crippen LogP contribution < -0.4 is 10.6 Å². The third kappa shape index (κ3) is 8.42. The van der Waals surface area contributed by atoms with E-state index >= 15 is 0 Å². The van der Waals surface area contributed by atoms with Gasteiger partial charge >= 0.3 is 0 Å². The average molecular weight is 680 g/mol. The highest BCUT2D eigenvalue weighted by Crippen LogP contribution is 2.35. The molecular weight excluding hydrogens is 656 g/mol. The second kappa shape index (κ2) is 15.1. The molecule has 8 nitrogen and oxygen atoms in total. The topological polar surface area (TPSA) is 98.8 Å². The van der Waals surface area contributed by atoms with E-state index in [1.807, 2.05) is 12.1 Å². The Hall–Kier alpha value is -2.74. The number of benzene rings is 2. The van der Waals surface area contributed by atoms with Crippen molar-refractivity contribution in [3.05, 3.63) is 79.5 Å². The Bertz CT molecular complexity index is 1400. The van der Waals surface area contributed by atoms with Crippen LogP contribution in [0.5, 0.6) is 0 Å². The summed E-state index contributed by atoms with van der Waals surface area (Å²) in [5.74, 6) is -1.11. The van der Waals surface area contributed by atoms with Crippen molar-refractivity contribution in [2.45, 2.75) is 12.8 Å². The van der Waals surface area contributed by atoms with Gasteiger partial charge in [0.2, 0.25) is 11.8 Å². The van der Waals surface area contributed by atoms with E-state index in [1.54, 1.807) is 48.6 Å². The Morgan fingerprint density at radius 3 is 1.48 bits per heavy atom. The van der Waals surface area contributed by atoms with Crippen LogP contribution in [0.2, 0.25) is 10.0 Å². The minimum absolute atomic E-state index is 0.0516. The molecule has 0 bridgehead atoms. The van der Waals surface area contributed by atoms with Crippen LogP contribution in [0.25, 0.3) is 12.2 Å². The van der Waals surface area contributed by atoms with Gasteiger partial charge in [0.1, 0.15) is 8.64 Å². The summed E-state index contributed by atoms with van der Waals surface area (Å²) in [6, 6.07) is 14.3. The van der Waals surface area contributed by atoms with E-state index in [1.165, 1.54) is 33.3 Å². The average Bonchev–Trinajstić information content (AvgIpc) is 3.38. The molecule has 14 heteroatoms. The highest BCUT2D eigenvalue weighted by atomic mass is 35.5. The number of amides is 4. The molecule has 0 atom stereocenters. The zero-order chi connectivity index (χ0) is 30.2. The first-order chi connectivity index (χ1) is 20.1. The molecule has 0 aliphatic carbocycles. The van der Waals surface area contributed by atoms with Gasteiger partial charge in [0.05, 0.1) is 9.81 Å². The number of hydrogen-bond acceptors (Lipinski definition) is 8. The quantitative estimate of drug-likeness (QED) is 0.192. The van der Waals surface area contributed by atoms with Gasteiger partial charge in [0, 0.05) is 49.1 Å². The molecular formula is C28H24Cl2N4O4S4. The molecule has 4 amide bonds. The van der Waals surface area contributed by atoms with Crippen molar-refractivity contribution < 1.29 is 19.2 Å². The molecule has 2 saturated heterocycles. The number of nitrogens with zero attached hydrogens (tertiary/aromatic N) is 2. The van der Waals surface area contributed by atoms with Gasteiger partial charge in [-0.15, -0.1) is 0 Å². The molecule has 4 rings (SSSR count). The fourth-order valence-electron chi connectivity index (χ4n) is 3.86. The SMILES string of the molecule is O=C(CCN1C(=O)C(=Cc2ccccc2Cl)SC1=S)NCCNC(=O)CCN1C(=O)C(=Cc2ccccc2Cl)SC1=S. The lowest BCUT2D eigenvalue weighted by atomic mass is 10.2. The van der Waals surface area contributed by atoms with Crippen LogP contribution in [0.15, 0.2) is 58.3 Å². The molecule has 218 valence electrons. The van der Waals surface area contributed by atoms with Gasteiger partial charge in [-0.05, 0) is 35.4 Å². The summed E-state index contributed by atoms with van der Waals surface area (Å²) in [5.41, 5.74) is 1.42. The van der Waals surface area contributed by atoms with E-state index in [-0.39, 0.29) is 62.6 Å². The Kier molecular flexibility index (Phi) is 11.6. The number of carbonyl (C=O) groups excluding carboxylic acids is 4. The Morgan fingerprint density at radius 2 is 1.10 bits per heavy atom. The minimum Gasteiger partial charge on any atom is -0.354 e. The Morgan fingerprint density at radius 1 is 0.714 bits per heavy atom. The van der Waals surface area contributed by atoms with Crippen LogP contribution in [-0.4, -0.2) is 68.2 Å². The van der Waals surface area contributed by atoms with E-state index in [2.05, 4.69) is 10.6 Å². The molecule has 0 saturated carbocycles. The molecule has 0 unspecified atom stereocenters. The van der Waals surface area contributed by atoms with E-state index in [0.29, 0.717) is 39.6 Å². The highest BCUT2D eigenvalue weighted by molar-refractivity contribution is 8.27. The van der Waals surface area contributed by atoms with Crippen molar-refractivity contribution in [3.63, 3.8) is 0 Å². The van der Waals surface area contributed by atoms with Crippen LogP contribution >= 0.6 is 71.2 Å². The molecule has 0 radical (unpaired) electrons. The summed E-state index contributed by atoms with van der Waals surface area (Å²) in [4.78, 5) is 53.8. The van der Waals surface area contributed by atoms with Gasteiger partial charge in [-0.25, -0.2) is 0 Å². The number of thioether (sulfide) groups is 2. The fraction of sp³-hybridized carbons (Fsp3) is 0.214. The molecule has 2 aliphatic rings. The lowest BCUT2D eigenvalue weighted by Gasteiger charge is -2.15. The summed E-state index contributed by atoms with van der Waals surface area (Å²) in [6.07, 6.45) is 3.48. The van der Waals surface area contributed by atoms with Crippen molar-refractivity contribution >= 4 is 116 Å². The van der Waals surface area contributed by atoms with Crippen LogP contribution in [0.1, 0.15) is 24.0 Å². The van der Waals surface area contributed by atoms with Crippen LogP contribution in [0.4, 0.5) is 0 Å². The number of rotatable bonds is 11. The van der Waals surface area contributed by atoms with Gasteiger partial charge in [-0.3, -0.25) is 29.0 Å². The molecule has 2 aliphatic heterocycles. The van der Waals surface area contributed by atoms with Crippen LogP contribution in [0.3, 0.4) is 0 Å². The van der Waals surface area contributed by atoms with Gasteiger partial charge in [0.25, 0.3) is 11.8 Å². The number of halogens is 2. The monoisotopic (exact) mass is 678 g/mol. The predicted molar refractivity (Wildman–Crippen MR) is 178 cm³/mol. The van der Waals surface area contributed by atoms with Crippen LogP contribution in [0, 0.1) is 0 Å². The maximum Gasteiger partial charge on any atom is 0.266 e. The molecule has 0 aromatic heterocycles. The third-order valence-electron chi connectivity index (χ3n) is 6.03. The van der Waals surface area contributed by atoms with Gasteiger partial charge in [-0.1, -0.05) is 108 Å². The Balaban J connectivity index is 1.15. The van der Waals surface area contributed by atoms with E-state index in [0.717, 1.165) is 0 Å². The summed E-state index contributed by atoms with van der Waals surface area (Å²) in [5, 5.41) is 6.48. The van der Waals surface area contributed by atoms with Gasteiger partial charge < -0.3 is 10.6 Å². The largest absolute Gasteiger partial charge is 0.354 e. The summed E-state index contributed by atoms with van der Waals surface area (Å²) in [6.45, 7) is 0.683. The molecule has 2 fully saturated rings. The molecule has 2 heterocycles. The zero-order valence-corrected chi connectivity index (χ0v) is 26.7. The molecule has 42 heavy (non-hydrogen) atoms. The van der Waals surface area contributed by atoms with Gasteiger partial charge in [-0.2, -0.15) is 0 Å². The Labute approximate surface area is 272 Å². The van der Waals surface area contributed by atoms with Crippen molar-refractivity contribution in [1.29, 1.82) is 0 Å². The lowest BCUT2D eigenvalue weighted by molar-refractivity contribution is -0.126. The first-order valence-electron chi connectivity index (χ1n) is 12.7. The van der Waals surface area contributed by atoms with Crippen LogP contribution in [-0.2, 0) is 19.2 Å². The standard InChI is InChI=1S/C28H24Cl2N4O4S4/c29-19-7-3-1-5-17(19)15-21-25(37)33(27(39)41-21)13-9-23(35)31-11-12-32-24(36)10-14-34-26(38)22(42-28(34)40)16-18-6-2-4-8-20(18)30/h1-8,15-16H,9-14H2,(H,31,35)(H,32,36). The van der Waals surface area contributed by atoms with E-state index in [9.17, 15) is 19.2 Å². The van der Waals surface area contributed by atoms with Crippen molar-refractivity contribution in [1.82, 2.24) is 20.4 Å². The number of thiocarbonyl (C=S) groups is 2. The number of hydrogen-bond donors (Lipinski definition) is 2. The number of nitrogens with one attached hydrogen (secondary N) is 2. The maximum atomic E-state index is 12.8. The van der Waals surface area contributed by atoms with Gasteiger partial charge in [0.15, 0.2) is 0 Å². The zero-order valence-electron chi connectivity index (χ0n) is 21.9. The summed E-state index contributed by atoms with van der Waals surface area (Å²) in [7, 11) is 0. The highest BCUT2D eigenvalue weighted by Gasteiger charge is 2.33. The lowest BCUT2D eigenvalue weighted by Crippen LogP contribution is -2.38. The number of carbonyl (C=O) groups is 4. The first-order valence-corrected chi connectivity index (χ1v) is 15.9. The van der Waals surface area contributed by atoms with E-state index in [4.69, 9.17) is 47.6 Å². The van der Waals surface area contributed by atoms with Crippen molar-refractivity contribution in [3.8, 4) is 0 Å². The van der Waals surface area contributed by atoms with Crippen molar-refractivity contribution in [2.24, 2.45) is 0 Å². The summed E-state index contributed by atoms with van der Waals surface area (Å²) >= 11 is 25.3. The van der Waals surface area contributed by atoms with Crippen molar-refractivity contribution in [2.75, 3.05) is 26.2 Å². The normalized spacial score (nSPS) is 17.1. The second-order valence-corrected chi connectivity index (χ2v) is 13.1. The molecule has 2 N–H and O–H groups in total. The first kappa shape index (κ1) is 32.2. The maximum absolute atomic E-state index is 12.8. The molecule has 2 aromatic carbocycles.